The lowest BCUT2D eigenvalue weighted by Crippen LogP contribution is -2.54. The zero-order valence-corrected chi connectivity index (χ0v) is 16.6. The van der Waals surface area contributed by atoms with Gasteiger partial charge < -0.3 is 20.2 Å². The van der Waals surface area contributed by atoms with Gasteiger partial charge in [0.1, 0.15) is 5.60 Å². The summed E-state index contributed by atoms with van der Waals surface area (Å²) in [5.74, 6) is -4.89. The molecule has 9 nitrogen and oxygen atoms in total. The second-order valence-corrected chi connectivity index (χ2v) is 8.59. The van der Waals surface area contributed by atoms with Crippen molar-refractivity contribution in [2.75, 3.05) is 13.1 Å². The fourth-order valence-electron chi connectivity index (χ4n) is 3.80. The van der Waals surface area contributed by atoms with Crippen LogP contribution in [0, 0.1) is 16.7 Å². The van der Waals surface area contributed by atoms with Gasteiger partial charge in [-0.05, 0) is 19.8 Å². The number of urea groups is 1. The monoisotopic (exact) mass is 426 g/mol. The van der Waals surface area contributed by atoms with Crippen LogP contribution in [0.25, 0.3) is 0 Å². The second-order valence-electron chi connectivity index (χ2n) is 8.59. The highest BCUT2D eigenvalue weighted by Gasteiger charge is 2.48. The van der Waals surface area contributed by atoms with Crippen molar-refractivity contribution >= 4 is 23.5 Å². The number of carboxylic acids is 1. The summed E-state index contributed by atoms with van der Waals surface area (Å²) in [5.41, 5.74) is -1.64. The third-order valence-corrected chi connectivity index (χ3v) is 5.90. The van der Waals surface area contributed by atoms with Crippen molar-refractivity contribution in [1.82, 2.24) is 10.2 Å². The molecule has 1 spiro atoms. The van der Waals surface area contributed by atoms with Crippen molar-refractivity contribution in [3.05, 3.63) is 0 Å². The lowest BCUT2D eigenvalue weighted by molar-refractivity contribution is -0.129. The van der Waals surface area contributed by atoms with E-state index in [-0.39, 0.29) is 31.6 Å². The lowest BCUT2D eigenvalue weighted by Gasteiger charge is -2.37. The number of likely N-dealkylation sites (tertiary alicyclic amines) is 1. The number of halogens is 2. The van der Waals surface area contributed by atoms with Crippen LogP contribution in [0.15, 0.2) is 5.16 Å². The Hall–Kier alpha value is -2.77. The van der Waals surface area contributed by atoms with Crippen molar-refractivity contribution in [1.29, 1.82) is 5.26 Å². The number of oxime groups is 1. The summed E-state index contributed by atoms with van der Waals surface area (Å²) in [6.07, 6.45) is 0.908. The van der Waals surface area contributed by atoms with Crippen LogP contribution < -0.4 is 5.32 Å². The van der Waals surface area contributed by atoms with Gasteiger partial charge in [-0.15, -0.1) is 0 Å². The number of aliphatic carboxylic acids is 1. The zero-order chi connectivity index (χ0) is 22.2. The average molecular weight is 426 g/mol. The molecule has 3 rings (SSSR count). The molecule has 2 heterocycles. The van der Waals surface area contributed by atoms with E-state index in [0.717, 1.165) is 0 Å². The summed E-state index contributed by atoms with van der Waals surface area (Å²) < 4.78 is 27.2. The number of nitriles is 1. The summed E-state index contributed by atoms with van der Waals surface area (Å²) in [5, 5.41) is 24.2. The standard InChI is InChI=1S/C19H24F2N4O5/c1-17(20,21)8-12(14(26)10-18(11-22)2-3-18)23-16(29)25-6-4-19(5-7-25)9-13(15(27)28)24-30-19/h12H,2-10H2,1H3,(H,23,29)(H,27,28)/t12-/m0/s1. The van der Waals surface area contributed by atoms with Crippen molar-refractivity contribution in [3.63, 3.8) is 0 Å². The number of ketones is 1. The Morgan fingerprint density at radius 2 is 1.97 bits per heavy atom. The fourth-order valence-corrected chi connectivity index (χ4v) is 3.80. The molecule has 2 amide bonds. The molecular weight excluding hydrogens is 402 g/mol. The normalized spacial score (nSPS) is 22.5. The van der Waals surface area contributed by atoms with Gasteiger partial charge >= 0.3 is 12.0 Å². The topological polar surface area (TPSA) is 132 Å². The van der Waals surface area contributed by atoms with E-state index < -0.39 is 47.2 Å². The van der Waals surface area contributed by atoms with E-state index in [1.165, 1.54) is 4.90 Å². The van der Waals surface area contributed by atoms with Crippen LogP contribution in [0.5, 0.6) is 0 Å². The molecule has 2 aliphatic heterocycles. The number of alkyl halides is 2. The van der Waals surface area contributed by atoms with E-state index in [1.54, 1.807) is 0 Å². The minimum Gasteiger partial charge on any atom is -0.477 e. The Bertz CT molecular complexity index is 805. The van der Waals surface area contributed by atoms with E-state index >= 15 is 0 Å². The van der Waals surface area contributed by atoms with Crippen LogP contribution in [0.4, 0.5) is 13.6 Å². The molecule has 1 atom stereocenters. The van der Waals surface area contributed by atoms with Gasteiger partial charge in [-0.2, -0.15) is 5.26 Å². The third-order valence-electron chi connectivity index (χ3n) is 5.90. The number of carboxylic acid groups (broad SMARTS) is 1. The van der Waals surface area contributed by atoms with E-state index in [9.17, 15) is 23.2 Å². The van der Waals surface area contributed by atoms with E-state index in [4.69, 9.17) is 15.2 Å². The SMILES string of the molecule is CC(F)(F)C[C@H](NC(=O)N1CCC2(CC1)CC(C(=O)O)=NO2)C(=O)CC1(C#N)CC1. The zero-order valence-electron chi connectivity index (χ0n) is 16.6. The number of rotatable bonds is 7. The maximum Gasteiger partial charge on any atom is 0.353 e. The van der Waals surface area contributed by atoms with Gasteiger partial charge in [0.05, 0.1) is 17.5 Å². The first-order valence-corrected chi connectivity index (χ1v) is 9.82. The van der Waals surface area contributed by atoms with Crippen LogP contribution in [0.2, 0.25) is 0 Å². The second kappa shape index (κ2) is 7.81. The Morgan fingerprint density at radius 1 is 1.33 bits per heavy atom. The van der Waals surface area contributed by atoms with Gasteiger partial charge in [-0.1, -0.05) is 5.16 Å². The van der Waals surface area contributed by atoms with Crippen LogP contribution in [-0.2, 0) is 14.4 Å². The Labute approximate surface area is 172 Å². The molecular formula is C19H24F2N4O5. The largest absolute Gasteiger partial charge is 0.477 e. The third kappa shape index (κ3) is 5.04. The Kier molecular flexibility index (Phi) is 5.71. The number of hydrogen-bond acceptors (Lipinski definition) is 6. The molecule has 1 saturated carbocycles. The number of piperidine rings is 1. The summed E-state index contributed by atoms with van der Waals surface area (Å²) in [4.78, 5) is 42.9. The number of amides is 2. The maximum atomic E-state index is 13.6. The first kappa shape index (κ1) is 21.9. The van der Waals surface area contributed by atoms with Crippen molar-refractivity contribution in [2.24, 2.45) is 10.6 Å². The summed E-state index contributed by atoms with van der Waals surface area (Å²) in [7, 11) is 0. The molecule has 30 heavy (non-hydrogen) atoms. The van der Waals surface area contributed by atoms with Gasteiger partial charge in [0, 0.05) is 45.2 Å². The van der Waals surface area contributed by atoms with Gasteiger partial charge in [-0.3, -0.25) is 4.79 Å². The summed E-state index contributed by atoms with van der Waals surface area (Å²) >= 11 is 0. The molecule has 0 aromatic heterocycles. The first-order chi connectivity index (χ1) is 14.0. The molecule has 2 fully saturated rings. The van der Waals surface area contributed by atoms with Crippen LogP contribution >= 0.6 is 0 Å². The van der Waals surface area contributed by atoms with Gasteiger partial charge in [-0.25, -0.2) is 18.4 Å². The van der Waals surface area contributed by atoms with Crippen molar-refractivity contribution < 1.29 is 33.1 Å². The first-order valence-electron chi connectivity index (χ1n) is 9.82. The van der Waals surface area contributed by atoms with Crippen molar-refractivity contribution in [2.45, 2.75) is 69.4 Å². The minimum absolute atomic E-state index is 0.0739. The van der Waals surface area contributed by atoms with E-state index in [1.807, 2.05) is 0 Å². The van der Waals surface area contributed by atoms with Crippen LogP contribution in [-0.4, -0.2) is 64.2 Å². The van der Waals surface area contributed by atoms with Crippen LogP contribution in [0.1, 0.15) is 51.9 Å². The molecule has 3 aliphatic rings. The number of hydrogen-bond donors (Lipinski definition) is 2. The van der Waals surface area contributed by atoms with E-state index in [2.05, 4.69) is 16.5 Å². The van der Waals surface area contributed by atoms with E-state index in [0.29, 0.717) is 32.6 Å². The molecule has 164 valence electrons. The maximum absolute atomic E-state index is 13.6. The number of nitrogens with one attached hydrogen (secondary N) is 1. The molecule has 0 aromatic carbocycles. The predicted octanol–water partition coefficient (Wildman–Crippen LogP) is 2.07. The Morgan fingerprint density at radius 3 is 2.43 bits per heavy atom. The summed E-state index contributed by atoms with van der Waals surface area (Å²) in [6, 6.07) is 0.0271. The fraction of sp³-hybridized carbons (Fsp3) is 0.737. The highest BCUT2D eigenvalue weighted by atomic mass is 19.3. The molecule has 0 unspecified atom stereocenters. The van der Waals surface area contributed by atoms with Crippen molar-refractivity contribution in [3.8, 4) is 6.07 Å². The molecule has 1 aliphatic carbocycles. The van der Waals surface area contributed by atoms with Gasteiger partial charge in [0.2, 0.25) is 5.92 Å². The molecule has 2 N–H and O–H groups in total. The number of Topliss-reactive ketones (excluding diaryl/α,β-unsaturated/α-hetero) is 1. The van der Waals surface area contributed by atoms with Crippen LogP contribution in [0.3, 0.4) is 0 Å². The predicted molar refractivity (Wildman–Crippen MR) is 98.8 cm³/mol. The minimum atomic E-state index is -3.16. The Balaban J connectivity index is 1.57. The van der Waals surface area contributed by atoms with Gasteiger partial charge in [0.25, 0.3) is 0 Å². The molecule has 11 heteroatoms. The van der Waals surface area contributed by atoms with Gasteiger partial charge in [0.15, 0.2) is 11.5 Å². The highest BCUT2D eigenvalue weighted by Crippen LogP contribution is 2.48. The number of nitrogens with zero attached hydrogens (tertiary/aromatic N) is 3. The molecule has 0 aromatic rings. The highest BCUT2D eigenvalue weighted by molar-refractivity contribution is 6.36. The quantitative estimate of drug-likeness (QED) is 0.640. The lowest BCUT2D eigenvalue weighted by atomic mass is 9.87. The number of carbonyl (C=O) groups excluding carboxylic acids is 2. The smallest absolute Gasteiger partial charge is 0.353 e. The molecule has 1 saturated heterocycles. The molecule has 0 bridgehead atoms. The number of carbonyl (C=O) groups is 3. The average Bonchev–Trinajstić information content (AvgIpc) is 3.32. The molecule has 0 radical (unpaired) electrons. The summed E-state index contributed by atoms with van der Waals surface area (Å²) in [6.45, 7) is 1.10.